The van der Waals surface area contributed by atoms with Gasteiger partial charge in [0.15, 0.2) is 0 Å². The molecule has 1 aliphatic rings. The van der Waals surface area contributed by atoms with Gasteiger partial charge in [0.25, 0.3) is 5.91 Å². The van der Waals surface area contributed by atoms with E-state index in [1.54, 1.807) is 19.2 Å². The number of carbonyl (C=O) groups is 1. The Balaban J connectivity index is 2.31. The van der Waals surface area contributed by atoms with Gasteiger partial charge in [-0.3, -0.25) is 4.79 Å². The zero-order valence-corrected chi connectivity index (χ0v) is 15.6. The van der Waals surface area contributed by atoms with Gasteiger partial charge >= 0.3 is 7.12 Å². The fourth-order valence-corrected chi connectivity index (χ4v) is 2.70. The molecule has 1 amide bonds. The Kier molecular flexibility index (Phi) is 5.12. The third kappa shape index (κ3) is 3.49. The molecule has 0 bridgehead atoms. The van der Waals surface area contributed by atoms with Gasteiger partial charge < -0.3 is 14.2 Å². The molecule has 1 saturated heterocycles. The van der Waals surface area contributed by atoms with Gasteiger partial charge in [-0.2, -0.15) is 0 Å². The highest BCUT2D eigenvalue weighted by atomic mass is 19.1. The highest BCUT2D eigenvalue weighted by Gasteiger charge is 2.52. The summed E-state index contributed by atoms with van der Waals surface area (Å²) < 4.78 is 26.8. The minimum absolute atomic E-state index is 0.0466. The Morgan fingerprint density at radius 3 is 2.25 bits per heavy atom. The first-order valence-corrected chi connectivity index (χ1v) is 8.36. The van der Waals surface area contributed by atoms with Gasteiger partial charge in [-0.05, 0) is 39.7 Å². The molecular formula is C18H27BFNO3. The van der Waals surface area contributed by atoms with Crippen molar-refractivity contribution < 1.29 is 18.5 Å². The van der Waals surface area contributed by atoms with E-state index in [-0.39, 0.29) is 16.9 Å². The average Bonchev–Trinajstić information content (AvgIpc) is 2.66. The molecule has 1 heterocycles. The summed E-state index contributed by atoms with van der Waals surface area (Å²) in [5.41, 5.74) is -0.806. The Hall–Kier alpha value is -1.40. The molecule has 0 N–H and O–H groups in total. The maximum atomic E-state index is 15.0. The number of hydrogen-bond acceptors (Lipinski definition) is 3. The summed E-state index contributed by atoms with van der Waals surface area (Å²) in [6, 6.07) is 4.78. The smallest absolute Gasteiger partial charge is 0.399 e. The first-order valence-electron chi connectivity index (χ1n) is 8.36. The Morgan fingerprint density at radius 1 is 1.21 bits per heavy atom. The average molecular weight is 335 g/mol. The molecule has 6 heteroatoms. The molecule has 0 atom stereocenters. The monoisotopic (exact) mass is 335 g/mol. The second-order valence-electron chi connectivity index (χ2n) is 7.88. The lowest BCUT2D eigenvalue weighted by molar-refractivity contribution is 0.00578. The second kappa shape index (κ2) is 6.49. The summed E-state index contributed by atoms with van der Waals surface area (Å²) in [7, 11) is 0.863. The molecule has 4 nitrogen and oxygen atoms in total. The van der Waals surface area contributed by atoms with Crippen LogP contribution < -0.4 is 5.46 Å². The van der Waals surface area contributed by atoms with Gasteiger partial charge in [0.1, 0.15) is 5.82 Å². The van der Waals surface area contributed by atoms with Crippen molar-refractivity contribution in [1.82, 2.24) is 4.90 Å². The van der Waals surface area contributed by atoms with Crippen LogP contribution in [0.15, 0.2) is 18.2 Å². The molecule has 0 spiro atoms. The van der Waals surface area contributed by atoms with E-state index in [2.05, 4.69) is 0 Å². The fraction of sp³-hybridized carbons (Fsp3) is 0.611. The molecule has 1 aliphatic heterocycles. The topological polar surface area (TPSA) is 38.8 Å². The number of amides is 1. The molecule has 2 rings (SSSR count). The molecule has 24 heavy (non-hydrogen) atoms. The van der Waals surface area contributed by atoms with E-state index in [1.165, 1.54) is 11.0 Å². The number of halogens is 1. The van der Waals surface area contributed by atoms with Crippen LogP contribution in [0, 0.1) is 11.7 Å². The third-order valence-corrected chi connectivity index (χ3v) is 4.75. The van der Waals surface area contributed by atoms with Crippen LogP contribution in [0.25, 0.3) is 0 Å². The zero-order valence-electron chi connectivity index (χ0n) is 15.6. The molecule has 0 aromatic heterocycles. The van der Waals surface area contributed by atoms with Gasteiger partial charge in [-0.1, -0.05) is 26.0 Å². The van der Waals surface area contributed by atoms with Gasteiger partial charge in [-0.15, -0.1) is 0 Å². The van der Waals surface area contributed by atoms with Crippen molar-refractivity contribution in [3.63, 3.8) is 0 Å². The Bertz CT molecular complexity index is 615. The van der Waals surface area contributed by atoms with Crippen LogP contribution in [0.2, 0.25) is 0 Å². The van der Waals surface area contributed by atoms with E-state index in [1.807, 2.05) is 41.5 Å². The molecule has 1 aromatic rings. The quantitative estimate of drug-likeness (QED) is 0.795. The van der Waals surface area contributed by atoms with E-state index >= 15 is 0 Å². The minimum Gasteiger partial charge on any atom is -0.399 e. The summed E-state index contributed by atoms with van der Waals surface area (Å²) in [6.45, 7) is 12.3. The van der Waals surface area contributed by atoms with Gasteiger partial charge in [0.05, 0.1) is 16.8 Å². The van der Waals surface area contributed by atoms with Crippen molar-refractivity contribution in [1.29, 1.82) is 0 Å². The molecule has 132 valence electrons. The molecule has 0 saturated carbocycles. The lowest BCUT2D eigenvalue weighted by Crippen LogP contribution is -2.41. The van der Waals surface area contributed by atoms with Crippen LogP contribution in [-0.2, 0) is 9.31 Å². The summed E-state index contributed by atoms with van der Waals surface area (Å²) in [5.74, 6) is -0.593. The lowest BCUT2D eigenvalue weighted by atomic mass is 9.77. The number of benzene rings is 1. The normalized spacial score (nSPS) is 19.0. The predicted octanol–water partition coefficient (Wildman–Crippen LogP) is 2.85. The van der Waals surface area contributed by atoms with Crippen molar-refractivity contribution in [3.05, 3.63) is 29.6 Å². The maximum Gasteiger partial charge on any atom is 0.497 e. The van der Waals surface area contributed by atoms with Crippen LogP contribution in [-0.4, -0.2) is 42.7 Å². The maximum absolute atomic E-state index is 15.0. The summed E-state index contributed by atoms with van der Waals surface area (Å²) >= 11 is 0. The highest BCUT2D eigenvalue weighted by molar-refractivity contribution is 6.62. The van der Waals surface area contributed by atoms with Crippen molar-refractivity contribution >= 4 is 18.5 Å². The molecule has 0 unspecified atom stereocenters. The molecule has 1 aromatic carbocycles. The van der Waals surface area contributed by atoms with Crippen molar-refractivity contribution in [3.8, 4) is 0 Å². The highest BCUT2D eigenvalue weighted by Crippen LogP contribution is 2.36. The van der Waals surface area contributed by atoms with E-state index in [0.717, 1.165) is 0 Å². The number of nitrogens with zero attached hydrogens (tertiary/aromatic N) is 1. The standard InChI is InChI=1S/C18H27BFNO3/c1-12(2)11-21(7)16(22)13-9-8-10-14(15(13)20)19-23-17(3,4)18(5,6)24-19/h8-10,12H,11H2,1-7H3. The summed E-state index contributed by atoms with van der Waals surface area (Å²) in [5, 5.41) is 0. The van der Waals surface area contributed by atoms with E-state index in [9.17, 15) is 9.18 Å². The summed E-state index contributed by atoms with van der Waals surface area (Å²) in [6.07, 6.45) is 0. The SMILES string of the molecule is CC(C)CN(C)C(=O)c1cccc(B2OC(C)(C)C(C)(C)O2)c1F. The van der Waals surface area contributed by atoms with E-state index in [4.69, 9.17) is 9.31 Å². The van der Waals surface area contributed by atoms with Gasteiger partial charge in [-0.25, -0.2) is 4.39 Å². The van der Waals surface area contributed by atoms with Crippen molar-refractivity contribution in [2.45, 2.75) is 52.7 Å². The Labute approximate surface area is 144 Å². The van der Waals surface area contributed by atoms with Crippen LogP contribution in [0.3, 0.4) is 0 Å². The molecular weight excluding hydrogens is 308 g/mol. The van der Waals surface area contributed by atoms with Crippen molar-refractivity contribution in [2.75, 3.05) is 13.6 Å². The third-order valence-electron chi connectivity index (χ3n) is 4.75. The van der Waals surface area contributed by atoms with Crippen LogP contribution in [0.5, 0.6) is 0 Å². The van der Waals surface area contributed by atoms with E-state index < -0.39 is 24.1 Å². The van der Waals surface area contributed by atoms with Crippen LogP contribution >= 0.6 is 0 Å². The predicted molar refractivity (Wildman–Crippen MR) is 93.9 cm³/mol. The molecule has 0 aliphatic carbocycles. The number of carbonyl (C=O) groups excluding carboxylic acids is 1. The number of hydrogen-bond donors (Lipinski definition) is 0. The number of rotatable bonds is 4. The lowest BCUT2D eigenvalue weighted by Gasteiger charge is -2.32. The van der Waals surface area contributed by atoms with Crippen molar-refractivity contribution in [2.24, 2.45) is 5.92 Å². The second-order valence-corrected chi connectivity index (χ2v) is 7.88. The minimum atomic E-state index is -0.821. The molecule has 0 radical (unpaired) electrons. The summed E-state index contributed by atoms with van der Waals surface area (Å²) in [4.78, 5) is 14.1. The van der Waals surface area contributed by atoms with E-state index in [0.29, 0.717) is 12.5 Å². The Morgan fingerprint density at radius 2 is 1.75 bits per heavy atom. The van der Waals surface area contributed by atoms with Crippen LogP contribution in [0.4, 0.5) is 4.39 Å². The van der Waals surface area contributed by atoms with Gasteiger partial charge in [0, 0.05) is 19.1 Å². The largest absolute Gasteiger partial charge is 0.497 e. The first-order chi connectivity index (χ1) is 11.0. The fourth-order valence-electron chi connectivity index (χ4n) is 2.70. The van der Waals surface area contributed by atoms with Crippen LogP contribution in [0.1, 0.15) is 51.9 Å². The first kappa shape index (κ1) is 18.9. The molecule has 1 fully saturated rings. The zero-order chi connectivity index (χ0) is 18.3. The van der Waals surface area contributed by atoms with Gasteiger partial charge in [0.2, 0.25) is 0 Å².